The highest BCUT2D eigenvalue weighted by atomic mass is 31.2. The summed E-state index contributed by atoms with van der Waals surface area (Å²) in [5.74, 6) is -13.1. The highest BCUT2D eigenvalue weighted by Crippen LogP contribution is 2.42. The normalized spacial score (nSPS) is 16.4. The molecule has 9 unspecified atom stereocenters. The number of carboxylic acid groups (broad SMARTS) is 1. The van der Waals surface area contributed by atoms with Gasteiger partial charge in [-0.15, -0.1) is 5.48 Å². The van der Waals surface area contributed by atoms with Crippen molar-refractivity contribution in [3.8, 4) is 0 Å². The topological polar surface area (TPSA) is 471 Å². The van der Waals surface area contributed by atoms with Crippen LogP contribution in [0.25, 0.3) is 0 Å². The Morgan fingerprint density at radius 3 is 1.59 bits per heavy atom. The molecule has 1 aliphatic rings. The molecule has 0 spiro atoms. The zero-order valence-electron chi connectivity index (χ0n) is 45.4. The quantitative estimate of drug-likeness (QED) is 0.0125. The molecule has 30 heteroatoms. The van der Waals surface area contributed by atoms with Gasteiger partial charge in [0.1, 0.15) is 36.8 Å². The van der Waals surface area contributed by atoms with Gasteiger partial charge in [0.2, 0.25) is 29.7 Å². The molecule has 16 N–H and O–H groups in total. The van der Waals surface area contributed by atoms with E-state index in [2.05, 4.69) is 38.2 Å². The lowest BCUT2D eigenvalue weighted by Gasteiger charge is -2.28. The van der Waals surface area contributed by atoms with E-state index in [1.807, 2.05) is 0 Å². The number of carbonyl (C=O) groups is 9. The van der Waals surface area contributed by atoms with E-state index in [4.69, 9.17) is 30.5 Å². The number of carboxylic acids is 1. The number of aliphatic hydroxyl groups excluding tert-OH is 4. The highest BCUT2D eigenvalue weighted by molar-refractivity contribution is 7.46. The second-order valence-corrected chi connectivity index (χ2v) is 20.3. The standard InChI is InChI=1S/C49H86N7O22P/c1-4-5-6-7-8-9-10-11-12-13-14-15-16-23-36(60)74-29-35(42-41(63)43(49(70)76-42)78-79(71,72)73)75-37(61)24-25-38(62)77-56-33(22-18-20-27-51)45(65)54-40(31(3)59)47(67)55-39(30(2)58)46(66)52-32(21-17-19-26-50)44(64)53-34(28-57)48(68)69/h30-35,39-40,42,56-59,63H,4-29,50-51H2,1-3H3,(H,52,66)(H,53,64)(H,54,65)(H,55,67)(H,68,69)(H2,71,72,73). The predicted octanol–water partition coefficient (Wildman–Crippen LogP) is -0.0407. The summed E-state index contributed by atoms with van der Waals surface area (Å²) in [4.78, 5) is 140. The van der Waals surface area contributed by atoms with Crippen LogP contribution in [0.1, 0.15) is 162 Å². The number of esters is 3. The largest absolute Gasteiger partial charge is 0.525 e. The minimum atomic E-state index is -5.41. The Bertz CT molecular complexity index is 2010. The number of hydrogen-bond acceptors (Lipinski definition) is 22. The molecule has 0 fully saturated rings. The number of aliphatic carboxylic acids is 1. The summed E-state index contributed by atoms with van der Waals surface area (Å²) < 4.78 is 31.2. The van der Waals surface area contributed by atoms with Gasteiger partial charge in [-0.3, -0.25) is 43.3 Å². The first-order valence-electron chi connectivity index (χ1n) is 26.9. The number of carbonyl (C=O) groups excluding carboxylic acids is 8. The Morgan fingerprint density at radius 2 is 1.10 bits per heavy atom. The first-order valence-corrected chi connectivity index (χ1v) is 28.4. The van der Waals surface area contributed by atoms with Gasteiger partial charge >= 0.3 is 37.7 Å². The van der Waals surface area contributed by atoms with E-state index in [9.17, 15) is 83.0 Å². The number of aliphatic hydroxyl groups is 4. The number of unbranched alkanes of at least 4 members (excludes halogenated alkanes) is 14. The number of amides is 4. The lowest BCUT2D eigenvalue weighted by molar-refractivity contribution is -0.172. The number of ether oxygens (including phenoxy) is 3. The van der Waals surface area contributed by atoms with Crippen molar-refractivity contribution in [1.82, 2.24) is 26.7 Å². The Labute approximate surface area is 459 Å². The van der Waals surface area contributed by atoms with E-state index >= 15 is 0 Å². The van der Waals surface area contributed by atoms with E-state index in [0.717, 1.165) is 46.0 Å². The van der Waals surface area contributed by atoms with E-state index in [1.54, 1.807) is 0 Å². The minimum Gasteiger partial charge on any atom is -0.505 e. The Hall–Kier alpha value is -5.52. The number of nitrogens with one attached hydrogen (secondary N) is 5. The van der Waals surface area contributed by atoms with Crippen molar-refractivity contribution in [1.29, 1.82) is 0 Å². The molecule has 29 nitrogen and oxygen atoms in total. The zero-order chi connectivity index (χ0) is 59.5. The summed E-state index contributed by atoms with van der Waals surface area (Å²) in [6.45, 7) is 2.99. The van der Waals surface area contributed by atoms with Crippen molar-refractivity contribution in [2.24, 2.45) is 11.5 Å². The van der Waals surface area contributed by atoms with E-state index in [1.165, 1.54) is 44.9 Å². The van der Waals surface area contributed by atoms with Crippen molar-refractivity contribution < 1.29 is 107 Å². The summed E-state index contributed by atoms with van der Waals surface area (Å²) in [6.07, 6.45) is 6.32. The third-order valence-electron chi connectivity index (χ3n) is 12.3. The lowest BCUT2D eigenvalue weighted by Crippen LogP contribution is -2.62. The van der Waals surface area contributed by atoms with Gasteiger partial charge in [-0.25, -0.2) is 14.2 Å². The van der Waals surface area contributed by atoms with Crippen LogP contribution in [0.2, 0.25) is 0 Å². The molecule has 454 valence electrons. The van der Waals surface area contributed by atoms with E-state index in [-0.39, 0.29) is 45.2 Å². The molecule has 1 heterocycles. The molecule has 0 saturated carbocycles. The highest BCUT2D eigenvalue weighted by Gasteiger charge is 2.46. The average molecular weight is 1160 g/mol. The van der Waals surface area contributed by atoms with Gasteiger partial charge in [0.15, 0.2) is 11.9 Å². The fourth-order valence-electron chi connectivity index (χ4n) is 7.78. The number of hydroxylamine groups is 1. The molecule has 1 rings (SSSR count). The van der Waals surface area contributed by atoms with Crippen LogP contribution in [0.5, 0.6) is 0 Å². The average Bonchev–Trinajstić information content (AvgIpc) is 3.67. The number of phosphoric acid groups is 1. The molecule has 9 atom stereocenters. The zero-order valence-corrected chi connectivity index (χ0v) is 46.3. The van der Waals surface area contributed by atoms with Crippen LogP contribution in [-0.2, 0) is 71.3 Å². The number of rotatable bonds is 45. The lowest BCUT2D eigenvalue weighted by atomic mass is 10.0. The van der Waals surface area contributed by atoms with Crippen LogP contribution in [-0.4, -0.2) is 170 Å². The maximum atomic E-state index is 13.6. The SMILES string of the molecule is CCCCCCCCCCCCCCCC(=O)OCC(OC(=O)CCC(=O)ONC(CCCCN)C(=O)NC(C(=O)NC(C(=O)NC(CCCCN)C(=O)NC(CO)C(=O)O)C(C)O)C(C)O)C1OC(=O)C(OP(=O)(O)O)=C1O. The molecule has 4 amide bonds. The molecule has 0 aliphatic carbocycles. The first-order chi connectivity index (χ1) is 37.4. The van der Waals surface area contributed by atoms with Crippen LogP contribution in [0.4, 0.5) is 0 Å². The smallest absolute Gasteiger partial charge is 0.505 e. The molecule has 0 bridgehead atoms. The van der Waals surface area contributed by atoms with Crippen LogP contribution in [0, 0.1) is 0 Å². The second-order valence-electron chi connectivity index (χ2n) is 19.1. The van der Waals surface area contributed by atoms with Gasteiger partial charge in [-0.1, -0.05) is 84.0 Å². The number of hydrogen-bond donors (Lipinski definition) is 14. The summed E-state index contributed by atoms with van der Waals surface area (Å²) in [5.41, 5.74) is 13.4. The van der Waals surface area contributed by atoms with E-state index < -0.39 is 153 Å². The summed E-state index contributed by atoms with van der Waals surface area (Å²) in [5, 5.41) is 59.3. The van der Waals surface area contributed by atoms with Crippen LogP contribution < -0.4 is 38.2 Å². The molecule has 79 heavy (non-hydrogen) atoms. The Kier molecular flexibility index (Phi) is 36.0. The summed E-state index contributed by atoms with van der Waals surface area (Å²) in [7, 11) is -5.41. The Balaban J connectivity index is 3.02. The van der Waals surface area contributed by atoms with Gasteiger partial charge in [-0.2, -0.15) is 0 Å². The monoisotopic (exact) mass is 1160 g/mol. The second kappa shape index (κ2) is 39.8. The van der Waals surface area contributed by atoms with Crippen molar-refractivity contribution >= 4 is 61.3 Å². The molecule has 1 aliphatic heterocycles. The first kappa shape index (κ1) is 71.5. The molecule has 0 radical (unpaired) electrons. The van der Waals surface area contributed by atoms with E-state index in [0.29, 0.717) is 19.3 Å². The maximum Gasteiger partial charge on any atom is 0.525 e. The van der Waals surface area contributed by atoms with Gasteiger partial charge in [0.25, 0.3) is 5.76 Å². The van der Waals surface area contributed by atoms with Gasteiger partial charge in [-0.05, 0) is 71.9 Å². The third-order valence-corrected chi connectivity index (χ3v) is 12.7. The van der Waals surface area contributed by atoms with Crippen molar-refractivity contribution in [2.75, 3.05) is 26.3 Å². The summed E-state index contributed by atoms with van der Waals surface area (Å²) >= 11 is 0. The van der Waals surface area contributed by atoms with Crippen LogP contribution in [0.3, 0.4) is 0 Å². The van der Waals surface area contributed by atoms with Gasteiger partial charge in [0, 0.05) is 6.42 Å². The molecular weight excluding hydrogens is 1070 g/mol. The molecule has 0 saturated heterocycles. The number of nitrogens with two attached hydrogens (primary N) is 2. The minimum absolute atomic E-state index is 0.0381. The summed E-state index contributed by atoms with van der Waals surface area (Å²) in [6, 6.07) is -8.27. The number of phosphoric ester groups is 1. The number of cyclic esters (lactones) is 1. The molecule has 0 aromatic carbocycles. The van der Waals surface area contributed by atoms with Gasteiger partial charge < -0.3 is 81.8 Å². The van der Waals surface area contributed by atoms with Gasteiger partial charge in [0.05, 0.1) is 31.7 Å². The molecule has 0 aromatic rings. The molecular formula is C49H86N7O22P. The Morgan fingerprint density at radius 1 is 0.633 bits per heavy atom. The maximum absolute atomic E-state index is 13.6. The fraction of sp³-hybridized carbons (Fsp3) is 0.776. The fourth-order valence-corrected chi connectivity index (χ4v) is 8.18. The van der Waals surface area contributed by atoms with Crippen LogP contribution >= 0.6 is 7.82 Å². The van der Waals surface area contributed by atoms with Crippen LogP contribution in [0.15, 0.2) is 11.5 Å². The van der Waals surface area contributed by atoms with Crippen molar-refractivity contribution in [3.05, 3.63) is 11.5 Å². The van der Waals surface area contributed by atoms with Crippen molar-refractivity contribution in [3.63, 3.8) is 0 Å². The molecule has 0 aromatic heterocycles. The third kappa shape index (κ3) is 30.0. The van der Waals surface area contributed by atoms with Crippen molar-refractivity contribution in [2.45, 2.75) is 217 Å². The predicted molar refractivity (Wildman–Crippen MR) is 278 cm³/mol.